The Hall–Kier alpha value is -3.80. The summed E-state index contributed by atoms with van der Waals surface area (Å²) in [6.07, 6.45) is 0.987. The number of carbonyl (C=O) groups is 4. The van der Waals surface area contributed by atoms with Gasteiger partial charge in [0.2, 0.25) is 5.91 Å². The van der Waals surface area contributed by atoms with Gasteiger partial charge in [0.15, 0.2) is 5.78 Å². The second-order valence-electron chi connectivity index (χ2n) is 10.2. The third-order valence-electron chi connectivity index (χ3n) is 7.16. The molecule has 3 N–H and O–H groups in total. The highest BCUT2D eigenvalue weighted by molar-refractivity contribution is 7.09. The van der Waals surface area contributed by atoms with Crippen LogP contribution in [0.5, 0.6) is 0 Å². The first-order chi connectivity index (χ1) is 19.5. The van der Waals surface area contributed by atoms with Gasteiger partial charge in [-0.05, 0) is 62.8 Å². The number of carboxylic acids is 2. The van der Waals surface area contributed by atoms with E-state index in [1.54, 1.807) is 11.3 Å². The first kappa shape index (κ1) is 31.7. The van der Waals surface area contributed by atoms with Gasteiger partial charge in [0, 0.05) is 60.2 Å². The zero-order valence-corrected chi connectivity index (χ0v) is 24.8. The third kappa shape index (κ3) is 9.10. The lowest BCUT2D eigenvalue weighted by Crippen LogP contribution is -2.49. The first-order valence-corrected chi connectivity index (χ1v) is 14.3. The van der Waals surface area contributed by atoms with Crippen LogP contribution in [-0.4, -0.2) is 87.5 Å². The highest BCUT2D eigenvalue weighted by Gasteiger charge is 2.23. The van der Waals surface area contributed by atoms with Crippen molar-refractivity contribution >= 4 is 40.7 Å². The summed E-state index contributed by atoms with van der Waals surface area (Å²) in [5.41, 5.74) is 6.10. The van der Waals surface area contributed by atoms with Gasteiger partial charge in [-0.2, -0.15) is 0 Å². The fourth-order valence-electron chi connectivity index (χ4n) is 4.89. The van der Waals surface area contributed by atoms with Crippen LogP contribution < -0.4 is 5.32 Å². The monoisotopic (exact) mass is 582 g/mol. The van der Waals surface area contributed by atoms with Gasteiger partial charge in [0.25, 0.3) is 0 Å². The van der Waals surface area contributed by atoms with Crippen LogP contribution in [0.2, 0.25) is 0 Å². The zero-order valence-electron chi connectivity index (χ0n) is 24.0. The van der Waals surface area contributed by atoms with Crippen molar-refractivity contribution in [1.82, 2.24) is 14.4 Å². The Morgan fingerprint density at radius 1 is 0.854 bits per heavy atom. The number of carboxylic acid groups (broad SMARTS) is 2. The average molecular weight is 583 g/mol. The smallest absolute Gasteiger partial charge is 0.414 e. The minimum Gasteiger partial charge on any atom is -0.473 e. The Balaban J connectivity index is 0.000000696. The van der Waals surface area contributed by atoms with Crippen molar-refractivity contribution in [3.8, 4) is 0 Å². The van der Waals surface area contributed by atoms with Crippen molar-refractivity contribution in [2.75, 3.05) is 44.6 Å². The number of nitrogens with one attached hydrogen (secondary N) is 1. The quantitative estimate of drug-likeness (QED) is 0.258. The van der Waals surface area contributed by atoms with Gasteiger partial charge in [0.1, 0.15) is 0 Å². The fourth-order valence-corrected chi connectivity index (χ4v) is 5.59. The lowest BCUT2D eigenvalue weighted by Gasteiger charge is -2.33. The van der Waals surface area contributed by atoms with Crippen molar-refractivity contribution < 1.29 is 29.4 Å². The summed E-state index contributed by atoms with van der Waals surface area (Å²) in [6.45, 7) is 13.0. The summed E-state index contributed by atoms with van der Waals surface area (Å²) < 4.78 is 2.26. The number of thiophene rings is 1. The van der Waals surface area contributed by atoms with E-state index in [9.17, 15) is 9.59 Å². The maximum absolute atomic E-state index is 13.1. The average Bonchev–Trinajstić information content (AvgIpc) is 3.54. The van der Waals surface area contributed by atoms with Crippen LogP contribution in [0.25, 0.3) is 0 Å². The van der Waals surface area contributed by atoms with Crippen LogP contribution in [0.4, 0.5) is 5.69 Å². The molecule has 3 heterocycles. The van der Waals surface area contributed by atoms with E-state index in [-0.39, 0.29) is 11.7 Å². The van der Waals surface area contributed by atoms with Gasteiger partial charge >= 0.3 is 11.9 Å². The standard InChI is InChI=1S/C28H36N4O2S.C2H2O4/c1-20-7-5-8-21(2)28(20)29-27(34)19-31-14-12-30(13-15-31)18-26(33)25-17-22(3)32(23(25)4)11-10-24-9-6-16-35-24;3-1(4)2(5)6/h5-9,16-17H,10-15,18-19H2,1-4H3,(H,29,34);(H,3,4)(H,5,6). The predicted octanol–water partition coefficient (Wildman–Crippen LogP) is 3.62. The third-order valence-corrected chi connectivity index (χ3v) is 8.10. The van der Waals surface area contributed by atoms with Gasteiger partial charge in [-0.3, -0.25) is 19.4 Å². The number of Topliss-reactive ketones (excluding diaryl/α,β-unsaturated/α-hetero) is 1. The van der Waals surface area contributed by atoms with E-state index in [0.717, 1.165) is 72.9 Å². The predicted molar refractivity (Wildman–Crippen MR) is 159 cm³/mol. The van der Waals surface area contributed by atoms with Crippen molar-refractivity contribution in [3.05, 3.63) is 74.7 Å². The molecule has 11 heteroatoms. The van der Waals surface area contributed by atoms with E-state index in [1.807, 2.05) is 38.1 Å². The van der Waals surface area contributed by atoms with E-state index < -0.39 is 11.9 Å². The molecule has 220 valence electrons. The number of benzene rings is 1. The van der Waals surface area contributed by atoms with Crippen molar-refractivity contribution in [3.63, 3.8) is 0 Å². The van der Waals surface area contributed by atoms with Crippen LogP contribution in [0.3, 0.4) is 0 Å². The molecular weight excluding hydrogens is 544 g/mol. The number of hydrogen-bond acceptors (Lipinski definition) is 7. The number of piperazine rings is 1. The molecule has 3 aromatic rings. The number of aryl methyl sites for hydroxylation is 4. The Morgan fingerprint density at radius 2 is 1.44 bits per heavy atom. The van der Waals surface area contributed by atoms with Crippen LogP contribution >= 0.6 is 11.3 Å². The van der Waals surface area contributed by atoms with Crippen molar-refractivity contribution in [1.29, 1.82) is 0 Å². The number of anilines is 1. The zero-order chi connectivity index (χ0) is 30.1. The number of aliphatic carboxylic acids is 2. The van der Waals surface area contributed by atoms with E-state index >= 15 is 0 Å². The molecule has 0 saturated carbocycles. The normalized spacial score (nSPS) is 13.8. The maximum Gasteiger partial charge on any atom is 0.414 e. The van der Waals surface area contributed by atoms with Crippen LogP contribution in [0.15, 0.2) is 41.8 Å². The number of nitrogens with zero attached hydrogens (tertiary/aromatic N) is 3. The van der Waals surface area contributed by atoms with Gasteiger partial charge in [0.05, 0.1) is 13.1 Å². The minimum absolute atomic E-state index is 0.0157. The lowest BCUT2D eigenvalue weighted by molar-refractivity contribution is -0.159. The molecule has 0 radical (unpaired) electrons. The molecule has 1 aliphatic heterocycles. The molecule has 1 saturated heterocycles. The summed E-state index contributed by atoms with van der Waals surface area (Å²) in [5, 5.41) is 20.0. The summed E-state index contributed by atoms with van der Waals surface area (Å²) in [5.74, 6) is -3.45. The Kier molecular flexibility index (Phi) is 11.4. The highest BCUT2D eigenvalue weighted by atomic mass is 32.1. The summed E-state index contributed by atoms with van der Waals surface area (Å²) in [4.78, 5) is 49.7. The first-order valence-electron chi connectivity index (χ1n) is 13.5. The van der Waals surface area contributed by atoms with E-state index in [0.29, 0.717) is 13.1 Å². The largest absolute Gasteiger partial charge is 0.473 e. The van der Waals surface area contributed by atoms with E-state index in [2.05, 4.69) is 51.0 Å². The number of aromatic nitrogens is 1. The molecule has 10 nitrogen and oxygen atoms in total. The molecule has 0 spiro atoms. The second-order valence-corrected chi connectivity index (χ2v) is 11.2. The molecular formula is C30H38N4O6S. The van der Waals surface area contributed by atoms with Crippen molar-refractivity contribution in [2.45, 2.75) is 40.7 Å². The van der Waals surface area contributed by atoms with Crippen LogP contribution in [-0.2, 0) is 27.3 Å². The van der Waals surface area contributed by atoms with Gasteiger partial charge < -0.3 is 20.1 Å². The lowest BCUT2D eigenvalue weighted by atomic mass is 10.1. The second kappa shape index (κ2) is 14.7. The number of para-hydroxylation sites is 1. The summed E-state index contributed by atoms with van der Waals surface area (Å²) in [7, 11) is 0. The number of carbonyl (C=O) groups excluding carboxylic acids is 2. The van der Waals surface area contributed by atoms with Gasteiger partial charge in [-0.25, -0.2) is 9.59 Å². The number of hydrogen-bond donors (Lipinski definition) is 3. The summed E-state index contributed by atoms with van der Waals surface area (Å²) in [6, 6.07) is 12.3. The number of rotatable bonds is 9. The molecule has 41 heavy (non-hydrogen) atoms. The Labute approximate surface area is 244 Å². The fraction of sp³-hybridized carbons (Fsp3) is 0.400. The molecule has 0 aliphatic carbocycles. The highest BCUT2D eigenvalue weighted by Crippen LogP contribution is 2.20. The molecule has 1 fully saturated rings. The number of ketones is 1. The molecule has 1 aliphatic rings. The van der Waals surface area contributed by atoms with E-state index in [1.165, 1.54) is 4.88 Å². The summed E-state index contributed by atoms with van der Waals surface area (Å²) >= 11 is 1.78. The Morgan fingerprint density at radius 3 is 1.98 bits per heavy atom. The molecule has 2 aromatic heterocycles. The van der Waals surface area contributed by atoms with Crippen LogP contribution in [0, 0.1) is 27.7 Å². The topological polar surface area (TPSA) is 132 Å². The van der Waals surface area contributed by atoms with Crippen molar-refractivity contribution in [2.24, 2.45) is 0 Å². The maximum atomic E-state index is 13.1. The molecule has 0 atom stereocenters. The molecule has 1 amide bonds. The Bertz CT molecular complexity index is 1340. The van der Waals surface area contributed by atoms with Crippen LogP contribution in [0.1, 0.15) is 37.7 Å². The molecule has 1 aromatic carbocycles. The van der Waals surface area contributed by atoms with E-state index in [4.69, 9.17) is 19.8 Å². The van der Waals surface area contributed by atoms with Gasteiger partial charge in [-0.1, -0.05) is 24.3 Å². The minimum atomic E-state index is -1.82. The SMILES string of the molecule is Cc1cccc(C)c1NC(=O)CN1CCN(CC(=O)c2cc(C)n(CCc3cccs3)c2C)CC1.O=C(O)C(=O)O. The number of amides is 1. The molecule has 4 rings (SSSR count). The molecule has 0 unspecified atom stereocenters. The van der Waals surface area contributed by atoms with Gasteiger partial charge in [-0.15, -0.1) is 11.3 Å². The molecule has 0 bridgehead atoms.